The van der Waals surface area contributed by atoms with Crippen molar-refractivity contribution in [2.24, 2.45) is 0 Å². The summed E-state index contributed by atoms with van der Waals surface area (Å²) in [6.45, 7) is 1.09. The fourth-order valence-corrected chi connectivity index (χ4v) is 1.99. The lowest BCUT2D eigenvalue weighted by Gasteiger charge is -2.12. The second-order valence-corrected chi connectivity index (χ2v) is 5.27. The molecule has 0 saturated carbocycles. The van der Waals surface area contributed by atoms with Crippen LogP contribution in [0.25, 0.3) is 11.6 Å². The van der Waals surface area contributed by atoms with Crippen LogP contribution in [-0.2, 0) is 9.53 Å². The first-order valence-electron chi connectivity index (χ1n) is 7.31. The second-order valence-electron chi connectivity index (χ2n) is 5.27. The Morgan fingerprint density at radius 1 is 1.00 bits per heavy atom. The third kappa shape index (κ3) is 4.86. The van der Waals surface area contributed by atoms with Crippen LogP contribution in [0.5, 0.6) is 0 Å². The molecule has 2 aromatic rings. The van der Waals surface area contributed by atoms with Crippen molar-refractivity contribution in [2.75, 3.05) is 27.2 Å². The molecule has 0 atom stereocenters. The van der Waals surface area contributed by atoms with E-state index in [9.17, 15) is 4.79 Å². The van der Waals surface area contributed by atoms with Gasteiger partial charge in [-0.05, 0) is 31.3 Å². The van der Waals surface area contributed by atoms with Gasteiger partial charge in [0.15, 0.2) is 0 Å². The number of nitrogens with zero attached hydrogens (tertiary/aromatic N) is 1. The van der Waals surface area contributed by atoms with E-state index in [0.29, 0.717) is 18.7 Å². The zero-order valence-electron chi connectivity index (χ0n) is 13.0. The molecule has 0 N–H and O–H groups in total. The third-order valence-corrected chi connectivity index (χ3v) is 3.19. The number of ether oxygens (including phenoxy) is 1. The maximum absolute atomic E-state index is 12.4. The van der Waals surface area contributed by atoms with Crippen LogP contribution in [0, 0.1) is 0 Å². The highest BCUT2D eigenvalue weighted by Gasteiger charge is 2.13. The van der Waals surface area contributed by atoms with Gasteiger partial charge in [-0.2, -0.15) is 0 Å². The van der Waals surface area contributed by atoms with Crippen LogP contribution in [0.1, 0.15) is 11.1 Å². The fraction of sp³-hybridized carbons (Fsp3) is 0.211. The predicted octanol–water partition coefficient (Wildman–Crippen LogP) is 3.33. The molecule has 2 aromatic carbocycles. The van der Waals surface area contributed by atoms with Gasteiger partial charge in [0.25, 0.3) is 0 Å². The monoisotopic (exact) mass is 295 g/mol. The molecule has 0 aromatic heterocycles. The summed E-state index contributed by atoms with van der Waals surface area (Å²) in [5.74, 6) is -0.295. The minimum atomic E-state index is -0.295. The first-order chi connectivity index (χ1) is 10.7. The van der Waals surface area contributed by atoms with E-state index in [1.807, 2.05) is 85.7 Å². The van der Waals surface area contributed by atoms with E-state index in [1.165, 1.54) is 0 Å². The van der Waals surface area contributed by atoms with Crippen LogP contribution >= 0.6 is 0 Å². The zero-order chi connectivity index (χ0) is 15.8. The number of hydrogen-bond acceptors (Lipinski definition) is 3. The Balaban J connectivity index is 2.23. The summed E-state index contributed by atoms with van der Waals surface area (Å²) in [4.78, 5) is 14.4. The van der Waals surface area contributed by atoms with E-state index in [1.54, 1.807) is 0 Å². The SMILES string of the molecule is CN(C)CCOC(=O)C(=Cc1ccccc1)c1ccccc1. The smallest absolute Gasteiger partial charge is 0.338 e. The number of likely N-dealkylation sites (N-methyl/N-ethyl adjacent to an activating group) is 1. The fourth-order valence-electron chi connectivity index (χ4n) is 1.99. The highest BCUT2D eigenvalue weighted by molar-refractivity contribution is 6.21. The van der Waals surface area contributed by atoms with Crippen molar-refractivity contribution in [1.29, 1.82) is 0 Å². The molecule has 0 spiro atoms. The minimum Gasteiger partial charge on any atom is -0.461 e. The predicted molar refractivity (Wildman–Crippen MR) is 90.3 cm³/mol. The number of benzene rings is 2. The first-order valence-corrected chi connectivity index (χ1v) is 7.31. The van der Waals surface area contributed by atoms with Crippen molar-refractivity contribution >= 4 is 17.6 Å². The van der Waals surface area contributed by atoms with E-state index < -0.39 is 0 Å². The summed E-state index contributed by atoms with van der Waals surface area (Å²) in [5.41, 5.74) is 2.41. The molecule has 3 nitrogen and oxygen atoms in total. The molecular weight excluding hydrogens is 274 g/mol. The van der Waals surface area contributed by atoms with E-state index >= 15 is 0 Å². The van der Waals surface area contributed by atoms with Crippen LogP contribution in [-0.4, -0.2) is 38.1 Å². The average molecular weight is 295 g/mol. The van der Waals surface area contributed by atoms with Crippen molar-refractivity contribution in [2.45, 2.75) is 0 Å². The molecule has 0 aliphatic heterocycles. The number of esters is 1. The van der Waals surface area contributed by atoms with Gasteiger partial charge in [-0.1, -0.05) is 60.7 Å². The largest absolute Gasteiger partial charge is 0.461 e. The van der Waals surface area contributed by atoms with E-state index in [2.05, 4.69) is 0 Å². The Bertz CT molecular complexity index is 618. The molecule has 0 aliphatic rings. The van der Waals surface area contributed by atoms with Gasteiger partial charge in [-0.3, -0.25) is 0 Å². The van der Waals surface area contributed by atoms with Gasteiger partial charge in [-0.25, -0.2) is 4.79 Å². The molecule has 0 unspecified atom stereocenters. The van der Waals surface area contributed by atoms with E-state index in [0.717, 1.165) is 11.1 Å². The Morgan fingerprint density at radius 2 is 1.59 bits per heavy atom. The summed E-state index contributed by atoms with van der Waals surface area (Å²) >= 11 is 0. The van der Waals surface area contributed by atoms with Gasteiger partial charge in [0, 0.05) is 6.54 Å². The molecular formula is C19H21NO2. The van der Waals surface area contributed by atoms with Crippen molar-refractivity contribution in [3.63, 3.8) is 0 Å². The summed E-state index contributed by atoms with van der Waals surface area (Å²) in [7, 11) is 3.90. The normalized spacial score (nSPS) is 11.5. The number of hydrogen-bond donors (Lipinski definition) is 0. The molecule has 3 heteroatoms. The molecule has 0 aliphatic carbocycles. The molecule has 114 valence electrons. The first kappa shape index (κ1) is 16.0. The average Bonchev–Trinajstić information content (AvgIpc) is 2.54. The highest BCUT2D eigenvalue weighted by atomic mass is 16.5. The van der Waals surface area contributed by atoms with Crippen molar-refractivity contribution < 1.29 is 9.53 Å². The summed E-state index contributed by atoms with van der Waals surface area (Å²) in [6.07, 6.45) is 1.87. The van der Waals surface area contributed by atoms with Crippen LogP contribution in [0.2, 0.25) is 0 Å². The molecule has 0 bridgehead atoms. The number of carbonyl (C=O) groups is 1. The lowest BCUT2D eigenvalue weighted by molar-refractivity contribution is -0.136. The van der Waals surface area contributed by atoms with E-state index in [4.69, 9.17) is 4.74 Å². The molecule has 0 amide bonds. The van der Waals surface area contributed by atoms with E-state index in [-0.39, 0.29) is 5.97 Å². The Morgan fingerprint density at radius 3 is 2.18 bits per heavy atom. The van der Waals surface area contributed by atoms with Crippen molar-refractivity contribution in [3.8, 4) is 0 Å². The Kier molecular flexibility index (Phi) is 5.92. The maximum atomic E-state index is 12.4. The van der Waals surface area contributed by atoms with Gasteiger partial charge >= 0.3 is 5.97 Å². The van der Waals surface area contributed by atoms with Crippen molar-refractivity contribution in [3.05, 3.63) is 71.8 Å². The van der Waals surface area contributed by atoms with Gasteiger partial charge in [-0.15, -0.1) is 0 Å². The van der Waals surface area contributed by atoms with Crippen LogP contribution < -0.4 is 0 Å². The number of rotatable bonds is 6. The highest BCUT2D eigenvalue weighted by Crippen LogP contribution is 2.19. The molecule has 22 heavy (non-hydrogen) atoms. The van der Waals surface area contributed by atoms with Gasteiger partial charge in [0.05, 0.1) is 5.57 Å². The standard InChI is InChI=1S/C19H21NO2/c1-20(2)13-14-22-19(21)18(17-11-7-4-8-12-17)15-16-9-5-3-6-10-16/h3-12,15H,13-14H2,1-2H3. The second kappa shape index (κ2) is 8.15. The number of carbonyl (C=O) groups excluding carboxylic acids is 1. The summed E-state index contributed by atoms with van der Waals surface area (Å²) < 4.78 is 5.39. The maximum Gasteiger partial charge on any atom is 0.338 e. The van der Waals surface area contributed by atoms with Crippen LogP contribution in [0.3, 0.4) is 0 Å². The molecule has 0 saturated heterocycles. The Hall–Kier alpha value is -2.39. The third-order valence-electron chi connectivity index (χ3n) is 3.19. The van der Waals surface area contributed by atoms with Crippen LogP contribution in [0.4, 0.5) is 0 Å². The molecule has 0 radical (unpaired) electrons. The Labute approximate surface area is 131 Å². The molecule has 0 fully saturated rings. The van der Waals surface area contributed by atoms with Gasteiger partial charge in [0.1, 0.15) is 6.61 Å². The summed E-state index contributed by atoms with van der Waals surface area (Å²) in [5, 5.41) is 0. The molecule has 0 heterocycles. The van der Waals surface area contributed by atoms with Crippen molar-refractivity contribution in [1.82, 2.24) is 4.90 Å². The zero-order valence-corrected chi connectivity index (χ0v) is 13.0. The van der Waals surface area contributed by atoms with Gasteiger partial charge < -0.3 is 9.64 Å². The van der Waals surface area contributed by atoms with Crippen LogP contribution in [0.15, 0.2) is 60.7 Å². The lowest BCUT2D eigenvalue weighted by atomic mass is 10.0. The lowest BCUT2D eigenvalue weighted by Crippen LogP contribution is -2.20. The summed E-state index contributed by atoms with van der Waals surface area (Å²) in [6, 6.07) is 19.4. The molecule has 2 rings (SSSR count). The quantitative estimate of drug-likeness (QED) is 0.465. The topological polar surface area (TPSA) is 29.5 Å². The van der Waals surface area contributed by atoms with Gasteiger partial charge in [0.2, 0.25) is 0 Å². The minimum absolute atomic E-state index is 0.295.